The van der Waals surface area contributed by atoms with Crippen molar-refractivity contribution in [2.24, 2.45) is 0 Å². The summed E-state index contributed by atoms with van der Waals surface area (Å²) in [6.07, 6.45) is 0. The summed E-state index contributed by atoms with van der Waals surface area (Å²) in [4.78, 5) is 10.9. The average molecular weight is 349 g/mol. The Morgan fingerprint density at radius 1 is 0.960 bits per heavy atom. The summed E-state index contributed by atoms with van der Waals surface area (Å²) in [5.41, 5.74) is 5.05. The van der Waals surface area contributed by atoms with Gasteiger partial charge in [0.15, 0.2) is 5.82 Å². The number of rotatable bonds is 4. The number of nitrogens with zero attached hydrogens (tertiary/aromatic N) is 2. The van der Waals surface area contributed by atoms with Crippen molar-refractivity contribution >= 4 is 22.6 Å². The summed E-state index contributed by atoms with van der Waals surface area (Å²) in [6.45, 7) is 2.53. The van der Waals surface area contributed by atoms with Crippen molar-refractivity contribution in [1.82, 2.24) is 9.71 Å². The minimum atomic E-state index is 0.456. The summed E-state index contributed by atoms with van der Waals surface area (Å²) in [5, 5.41) is 0.659. The highest BCUT2D eigenvalue weighted by Crippen LogP contribution is 2.26. The monoisotopic (exact) mass is 348 g/mol. The van der Waals surface area contributed by atoms with Gasteiger partial charge in [-0.1, -0.05) is 71.8 Å². The summed E-state index contributed by atoms with van der Waals surface area (Å²) >= 11 is 6.18. The van der Waals surface area contributed by atoms with Crippen LogP contribution in [0, 0.1) is 6.92 Å². The summed E-state index contributed by atoms with van der Waals surface area (Å²) in [5.74, 6) is 0.768. The van der Waals surface area contributed by atoms with Gasteiger partial charge in [0.2, 0.25) is 0 Å². The van der Waals surface area contributed by atoms with Crippen LogP contribution in [0.2, 0.25) is 5.02 Å². The highest BCUT2D eigenvalue weighted by Gasteiger charge is 2.14. The minimum Gasteiger partial charge on any atom is -0.407 e. The van der Waals surface area contributed by atoms with Gasteiger partial charge in [-0.25, -0.2) is 4.98 Å². The third-order valence-corrected chi connectivity index (χ3v) is 4.32. The number of aromatic nitrogens is 2. The highest BCUT2D eigenvalue weighted by molar-refractivity contribution is 6.31. The second-order valence-electron chi connectivity index (χ2n) is 5.99. The van der Waals surface area contributed by atoms with E-state index in [2.05, 4.69) is 31.2 Å². The summed E-state index contributed by atoms with van der Waals surface area (Å²) in [7, 11) is 0. The summed E-state index contributed by atoms with van der Waals surface area (Å²) < 4.78 is 1.77. The van der Waals surface area contributed by atoms with Crippen molar-refractivity contribution in [3.63, 3.8) is 0 Å². The van der Waals surface area contributed by atoms with Gasteiger partial charge < -0.3 is 4.84 Å². The molecule has 25 heavy (non-hydrogen) atoms. The molecule has 3 aromatic carbocycles. The molecule has 1 heterocycles. The maximum absolute atomic E-state index is 6.18. The smallest absolute Gasteiger partial charge is 0.176 e. The van der Waals surface area contributed by atoms with E-state index in [1.165, 1.54) is 5.56 Å². The zero-order valence-electron chi connectivity index (χ0n) is 13.8. The average Bonchev–Trinajstić information content (AvgIpc) is 3.00. The van der Waals surface area contributed by atoms with Crippen molar-refractivity contribution in [1.29, 1.82) is 0 Å². The molecule has 1 aromatic heterocycles. The molecule has 0 atom stereocenters. The fraction of sp³-hybridized carbons (Fsp3) is 0.0952. The molecule has 0 amide bonds. The summed E-state index contributed by atoms with van der Waals surface area (Å²) in [6, 6.07) is 24.0. The predicted molar refractivity (Wildman–Crippen MR) is 102 cm³/mol. The van der Waals surface area contributed by atoms with Crippen LogP contribution < -0.4 is 4.84 Å². The molecule has 4 rings (SSSR count). The van der Waals surface area contributed by atoms with Gasteiger partial charge in [-0.2, -0.15) is 4.73 Å². The molecule has 0 aliphatic carbocycles. The van der Waals surface area contributed by atoms with Gasteiger partial charge in [-0.3, -0.25) is 0 Å². The molecule has 4 aromatic rings. The van der Waals surface area contributed by atoms with Crippen LogP contribution >= 0.6 is 11.6 Å². The van der Waals surface area contributed by atoms with Crippen LogP contribution in [0.3, 0.4) is 0 Å². The van der Waals surface area contributed by atoms with Crippen LogP contribution in [0.4, 0.5) is 0 Å². The first-order valence-corrected chi connectivity index (χ1v) is 8.51. The molecular weight excluding hydrogens is 332 g/mol. The van der Waals surface area contributed by atoms with Crippen molar-refractivity contribution < 1.29 is 4.84 Å². The second kappa shape index (κ2) is 6.61. The van der Waals surface area contributed by atoms with E-state index in [1.54, 1.807) is 4.73 Å². The molecule has 0 spiro atoms. The molecule has 0 radical (unpaired) electrons. The number of hydrogen-bond donors (Lipinski definition) is 0. The van der Waals surface area contributed by atoms with Crippen molar-refractivity contribution in [3.8, 4) is 11.4 Å². The Bertz CT molecular complexity index is 1010. The van der Waals surface area contributed by atoms with Gasteiger partial charge in [0.1, 0.15) is 12.1 Å². The van der Waals surface area contributed by atoms with Gasteiger partial charge in [0.25, 0.3) is 0 Å². The van der Waals surface area contributed by atoms with E-state index in [-0.39, 0.29) is 0 Å². The lowest BCUT2D eigenvalue weighted by atomic mass is 10.2. The van der Waals surface area contributed by atoms with Crippen molar-refractivity contribution in [3.05, 3.63) is 88.9 Å². The molecule has 0 saturated heterocycles. The van der Waals surface area contributed by atoms with E-state index in [4.69, 9.17) is 21.4 Å². The van der Waals surface area contributed by atoms with Crippen LogP contribution in [0.25, 0.3) is 22.4 Å². The minimum absolute atomic E-state index is 0.456. The van der Waals surface area contributed by atoms with Gasteiger partial charge >= 0.3 is 0 Å². The molecule has 0 unspecified atom stereocenters. The first kappa shape index (κ1) is 15.7. The molecule has 0 fully saturated rings. The van der Waals surface area contributed by atoms with E-state index in [0.717, 1.165) is 28.0 Å². The van der Waals surface area contributed by atoms with Gasteiger partial charge in [-0.05, 0) is 30.7 Å². The molecule has 3 nitrogen and oxygen atoms in total. The number of benzene rings is 3. The molecule has 0 aliphatic rings. The van der Waals surface area contributed by atoms with E-state index < -0.39 is 0 Å². The number of aryl methyl sites for hydroxylation is 1. The Labute approximate surface area is 151 Å². The Hall–Kier alpha value is -2.78. The first-order chi connectivity index (χ1) is 12.2. The SMILES string of the molecule is Cc1ccc(COn2c(-c3ccccc3)nc3ccc(Cl)cc32)cc1. The predicted octanol–water partition coefficient (Wildman–Crippen LogP) is 5.29. The van der Waals surface area contributed by atoms with Gasteiger partial charge in [0.05, 0.1) is 5.52 Å². The van der Waals surface area contributed by atoms with Gasteiger partial charge in [-0.15, -0.1) is 0 Å². The third-order valence-electron chi connectivity index (χ3n) is 4.09. The van der Waals surface area contributed by atoms with Gasteiger partial charge in [0, 0.05) is 10.6 Å². The Kier molecular flexibility index (Phi) is 4.16. The molecule has 0 saturated carbocycles. The van der Waals surface area contributed by atoms with Crippen LogP contribution in [-0.4, -0.2) is 9.71 Å². The molecule has 4 heteroatoms. The molecule has 0 N–H and O–H groups in total. The number of halogens is 1. The zero-order chi connectivity index (χ0) is 17.2. The Morgan fingerprint density at radius 2 is 1.72 bits per heavy atom. The lowest BCUT2D eigenvalue weighted by Gasteiger charge is -2.11. The van der Waals surface area contributed by atoms with Crippen molar-refractivity contribution in [2.75, 3.05) is 0 Å². The maximum Gasteiger partial charge on any atom is 0.176 e. The number of fused-ring (bicyclic) bond motifs is 1. The molecular formula is C21H17ClN2O. The Balaban J connectivity index is 1.76. The fourth-order valence-electron chi connectivity index (χ4n) is 2.75. The van der Waals surface area contributed by atoms with Crippen LogP contribution in [0.15, 0.2) is 72.8 Å². The van der Waals surface area contributed by atoms with E-state index in [9.17, 15) is 0 Å². The number of imidazole rings is 1. The molecule has 124 valence electrons. The second-order valence-corrected chi connectivity index (χ2v) is 6.42. The largest absolute Gasteiger partial charge is 0.407 e. The standard InChI is InChI=1S/C21H17ClN2O/c1-15-7-9-16(10-8-15)14-25-24-20-13-18(22)11-12-19(20)23-21(24)17-5-3-2-4-6-17/h2-13H,14H2,1H3. The van der Waals surface area contributed by atoms with E-state index in [0.29, 0.717) is 11.6 Å². The Morgan fingerprint density at radius 3 is 2.48 bits per heavy atom. The fourth-order valence-corrected chi connectivity index (χ4v) is 2.92. The molecule has 0 aliphatic heterocycles. The third kappa shape index (κ3) is 3.24. The number of hydrogen-bond acceptors (Lipinski definition) is 2. The van der Waals surface area contributed by atoms with Crippen LogP contribution in [0.1, 0.15) is 11.1 Å². The van der Waals surface area contributed by atoms with Crippen molar-refractivity contribution in [2.45, 2.75) is 13.5 Å². The van der Waals surface area contributed by atoms with Crippen LogP contribution in [-0.2, 0) is 6.61 Å². The quantitative estimate of drug-likeness (QED) is 0.500. The zero-order valence-corrected chi connectivity index (χ0v) is 14.6. The normalized spacial score (nSPS) is 11.0. The lowest BCUT2D eigenvalue weighted by Crippen LogP contribution is -2.12. The topological polar surface area (TPSA) is 27.1 Å². The van der Waals surface area contributed by atoms with Crippen LogP contribution in [0.5, 0.6) is 0 Å². The first-order valence-electron chi connectivity index (χ1n) is 8.13. The lowest BCUT2D eigenvalue weighted by molar-refractivity contribution is 0.110. The highest BCUT2D eigenvalue weighted by atomic mass is 35.5. The van der Waals surface area contributed by atoms with E-state index >= 15 is 0 Å². The van der Waals surface area contributed by atoms with E-state index in [1.807, 2.05) is 48.5 Å². The molecule has 0 bridgehead atoms. The maximum atomic E-state index is 6.18.